The number of dihydropyridines is 1. The second kappa shape index (κ2) is 9.26. The lowest BCUT2D eigenvalue weighted by Gasteiger charge is -2.43. The summed E-state index contributed by atoms with van der Waals surface area (Å²) in [5.74, 6) is -1.28. The van der Waals surface area contributed by atoms with Crippen molar-refractivity contribution in [1.29, 1.82) is 0 Å². The quantitative estimate of drug-likeness (QED) is 0.549. The molecule has 4 heterocycles. The Morgan fingerprint density at radius 2 is 1.85 bits per heavy atom. The van der Waals surface area contributed by atoms with E-state index in [1.54, 1.807) is 0 Å². The van der Waals surface area contributed by atoms with Crippen molar-refractivity contribution in [2.45, 2.75) is 37.8 Å². The molecule has 3 amide bonds. The van der Waals surface area contributed by atoms with Crippen molar-refractivity contribution >= 4 is 23.4 Å². The van der Waals surface area contributed by atoms with E-state index in [0.29, 0.717) is 43.6 Å². The summed E-state index contributed by atoms with van der Waals surface area (Å²) in [6.45, 7) is 1.59. The van der Waals surface area contributed by atoms with Crippen molar-refractivity contribution in [3.63, 3.8) is 0 Å². The fourth-order valence-corrected chi connectivity index (χ4v) is 7.07. The van der Waals surface area contributed by atoms with Gasteiger partial charge in [0, 0.05) is 30.4 Å². The van der Waals surface area contributed by atoms with Crippen LogP contribution in [0.25, 0.3) is 0 Å². The molecule has 2 aromatic rings. The lowest BCUT2D eigenvalue weighted by atomic mass is 9.78. The maximum Gasteiger partial charge on any atom is 0.244 e. The van der Waals surface area contributed by atoms with Crippen LogP contribution in [0.4, 0.5) is 14.5 Å². The van der Waals surface area contributed by atoms with Crippen LogP contribution in [0, 0.1) is 17.0 Å². The largest absolute Gasteiger partial charge is 0.368 e. The fourth-order valence-electron chi connectivity index (χ4n) is 7.07. The van der Waals surface area contributed by atoms with E-state index in [4.69, 9.17) is 0 Å². The van der Waals surface area contributed by atoms with Gasteiger partial charge >= 0.3 is 0 Å². The van der Waals surface area contributed by atoms with Crippen LogP contribution in [0.1, 0.15) is 35.6 Å². The highest BCUT2D eigenvalue weighted by atomic mass is 19.1. The number of allylic oxidation sites excluding steroid dienone is 1. The van der Waals surface area contributed by atoms with Crippen molar-refractivity contribution in [2.75, 3.05) is 31.5 Å². The van der Waals surface area contributed by atoms with Gasteiger partial charge in [0.05, 0.1) is 17.5 Å². The molecule has 0 radical (unpaired) electrons. The summed E-state index contributed by atoms with van der Waals surface area (Å²) >= 11 is 0. The third kappa shape index (κ3) is 4.00. The number of benzene rings is 2. The lowest BCUT2D eigenvalue weighted by Crippen LogP contribution is -2.57. The van der Waals surface area contributed by atoms with Gasteiger partial charge in [0.25, 0.3) is 0 Å². The predicted molar refractivity (Wildman–Crippen MR) is 143 cm³/mol. The molecule has 10 heteroatoms. The van der Waals surface area contributed by atoms with Crippen molar-refractivity contribution < 1.29 is 23.2 Å². The fraction of sp³-hybridized carbons (Fsp3) is 0.367. The van der Waals surface area contributed by atoms with E-state index in [1.165, 1.54) is 17.0 Å². The van der Waals surface area contributed by atoms with Gasteiger partial charge in [0.1, 0.15) is 24.0 Å². The molecule has 1 unspecified atom stereocenters. The zero-order chi connectivity index (χ0) is 27.6. The second-order valence-electron chi connectivity index (χ2n) is 11.3. The van der Waals surface area contributed by atoms with Gasteiger partial charge < -0.3 is 20.9 Å². The van der Waals surface area contributed by atoms with Crippen molar-refractivity contribution in [3.8, 4) is 0 Å². The Balaban J connectivity index is 1.10. The molecule has 0 aromatic heterocycles. The summed E-state index contributed by atoms with van der Waals surface area (Å²) in [7, 11) is 0. The molecule has 1 aliphatic carbocycles. The molecule has 40 heavy (non-hydrogen) atoms. The Labute approximate surface area is 230 Å². The monoisotopic (exact) mass is 545 g/mol. The molecule has 2 aromatic carbocycles. The predicted octanol–water partition coefficient (Wildman–Crippen LogP) is 2.54. The normalized spacial score (nSPS) is 27.0. The number of rotatable bonds is 4. The average Bonchev–Trinajstić information content (AvgIpc) is 3.61. The number of anilines is 1. The Hall–Kier alpha value is -4.05. The minimum atomic E-state index is -0.718. The molecule has 3 atom stereocenters. The van der Waals surface area contributed by atoms with E-state index in [-0.39, 0.29) is 24.4 Å². The van der Waals surface area contributed by atoms with Crippen LogP contribution < -0.4 is 16.0 Å². The van der Waals surface area contributed by atoms with Gasteiger partial charge in [-0.3, -0.25) is 19.3 Å². The van der Waals surface area contributed by atoms with Crippen LogP contribution in [0.2, 0.25) is 0 Å². The van der Waals surface area contributed by atoms with E-state index >= 15 is 0 Å². The van der Waals surface area contributed by atoms with E-state index in [9.17, 15) is 23.2 Å². The third-order valence-electron chi connectivity index (χ3n) is 8.91. The molecule has 2 saturated heterocycles. The Morgan fingerprint density at radius 1 is 1.05 bits per heavy atom. The molecule has 5 aliphatic rings. The number of halogens is 2. The SMILES string of the molecule is O=C(CN1C(=O)C2CCCN2C[C@@H]1c1cc(F)cc(F)c1)Nc1ccc2c(c1)C[C@@]1(C2)C(=O)NC2=C1C=CCN2. The van der Waals surface area contributed by atoms with Gasteiger partial charge in [-0.15, -0.1) is 0 Å². The molecule has 8 nitrogen and oxygen atoms in total. The van der Waals surface area contributed by atoms with Gasteiger partial charge in [-0.1, -0.05) is 18.2 Å². The molecular formula is C30H29F2N5O3. The molecule has 3 N–H and O–H groups in total. The average molecular weight is 546 g/mol. The van der Waals surface area contributed by atoms with Crippen LogP contribution >= 0.6 is 0 Å². The first kappa shape index (κ1) is 25.0. The number of piperazine rings is 1. The van der Waals surface area contributed by atoms with Crippen LogP contribution in [0.3, 0.4) is 0 Å². The molecule has 7 rings (SSSR count). The Morgan fingerprint density at radius 3 is 2.67 bits per heavy atom. The first-order valence-corrected chi connectivity index (χ1v) is 13.7. The van der Waals surface area contributed by atoms with Gasteiger partial charge in [-0.2, -0.15) is 0 Å². The second-order valence-corrected chi connectivity index (χ2v) is 11.3. The van der Waals surface area contributed by atoms with Gasteiger partial charge in [0.2, 0.25) is 17.7 Å². The summed E-state index contributed by atoms with van der Waals surface area (Å²) in [6.07, 6.45) is 6.69. The van der Waals surface area contributed by atoms with Crippen LogP contribution in [-0.2, 0) is 27.2 Å². The summed E-state index contributed by atoms with van der Waals surface area (Å²) in [5, 5.41) is 9.12. The number of fused-ring (bicyclic) bond motifs is 3. The molecular weight excluding hydrogens is 516 g/mol. The Bertz CT molecular complexity index is 1500. The first-order chi connectivity index (χ1) is 19.3. The molecule has 4 aliphatic heterocycles. The highest BCUT2D eigenvalue weighted by molar-refractivity contribution is 5.96. The minimum Gasteiger partial charge on any atom is -0.368 e. The maximum absolute atomic E-state index is 14.1. The van der Waals surface area contributed by atoms with E-state index in [0.717, 1.165) is 41.6 Å². The smallest absolute Gasteiger partial charge is 0.244 e. The van der Waals surface area contributed by atoms with Crippen molar-refractivity contribution in [2.24, 2.45) is 5.41 Å². The van der Waals surface area contributed by atoms with E-state index in [1.807, 2.05) is 35.3 Å². The topological polar surface area (TPSA) is 93.8 Å². The summed E-state index contributed by atoms with van der Waals surface area (Å²) in [6, 6.07) is 7.94. The first-order valence-electron chi connectivity index (χ1n) is 13.7. The summed E-state index contributed by atoms with van der Waals surface area (Å²) < 4.78 is 28.2. The van der Waals surface area contributed by atoms with Crippen molar-refractivity contribution in [1.82, 2.24) is 20.4 Å². The summed E-state index contributed by atoms with van der Waals surface area (Å²) in [5.41, 5.74) is 3.26. The minimum absolute atomic E-state index is 0.0252. The molecule has 0 saturated carbocycles. The highest BCUT2D eigenvalue weighted by Crippen LogP contribution is 2.48. The molecule has 2 fully saturated rings. The maximum atomic E-state index is 14.1. The lowest BCUT2D eigenvalue weighted by molar-refractivity contribution is -0.147. The zero-order valence-electron chi connectivity index (χ0n) is 21.8. The van der Waals surface area contributed by atoms with Crippen molar-refractivity contribution in [3.05, 3.63) is 88.3 Å². The number of hydrogen-bond acceptors (Lipinski definition) is 5. The van der Waals surface area contributed by atoms with E-state index < -0.39 is 29.0 Å². The molecule has 1 spiro atoms. The van der Waals surface area contributed by atoms with Gasteiger partial charge in [-0.25, -0.2) is 8.78 Å². The van der Waals surface area contributed by atoms with E-state index in [2.05, 4.69) is 16.0 Å². The standard InChI is InChI=1S/C30H29F2N5O3/c31-20-9-18(10-21(32)12-20)25-15-36-8-2-4-24(36)28(39)37(25)16-26(38)34-22-6-5-17-13-30(14-19(17)11-22)23-3-1-7-33-27(23)35-29(30)40/h1,3,5-6,9-12,24-25,33H,2,4,7-8,13-16H2,(H,34,38)(H,35,40)/t24?,25-,30-/m1/s1. The third-order valence-corrected chi connectivity index (χ3v) is 8.91. The number of nitrogens with one attached hydrogen (secondary N) is 3. The van der Waals surface area contributed by atoms with Crippen LogP contribution in [0.5, 0.6) is 0 Å². The van der Waals surface area contributed by atoms with Gasteiger partial charge in [0.15, 0.2) is 0 Å². The number of carbonyl (C=O) groups excluding carboxylic acids is 3. The Kier molecular flexibility index (Phi) is 5.78. The number of amides is 3. The number of hydrogen-bond donors (Lipinski definition) is 3. The van der Waals surface area contributed by atoms with Crippen LogP contribution in [0.15, 0.2) is 59.9 Å². The highest BCUT2D eigenvalue weighted by Gasteiger charge is 2.51. The van der Waals surface area contributed by atoms with Crippen LogP contribution in [-0.4, -0.2) is 59.7 Å². The summed E-state index contributed by atoms with van der Waals surface area (Å²) in [4.78, 5) is 43.2. The van der Waals surface area contributed by atoms with Gasteiger partial charge in [-0.05, 0) is 73.2 Å². The molecule has 0 bridgehead atoms. The molecule has 206 valence electrons. The number of nitrogens with zero attached hydrogens (tertiary/aromatic N) is 2. The zero-order valence-corrected chi connectivity index (χ0v) is 21.8. The number of carbonyl (C=O) groups is 3.